The zero-order valence-corrected chi connectivity index (χ0v) is 9.50. The molecule has 0 aliphatic heterocycles. The van der Waals surface area contributed by atoms with Crippen molar-refractivity contribution in [2.24, 2.45) is 5.73 Å². The van der Waals surface area contributed by atoms with E-state index in [2.05, 4.69) is 0 Å². The third-order valence-electron chi connectivity index (χ3n) is 2.17. The largest absolute Gasteiger partial charge is 0.416 e. The van der Waals surface area contributed by atoms with Gasteiger partial charge < -0.3 is 5.73 Å². The molecule has 0 saturated carbocycles. The molecule has 0 aliphatic carbocycles. The molecule has 0 heterocycles. The molecule has 0 aromatic heterocycles. The van der Waals surface area contributed by atoms with Gasteiger partial charge in [-0.2, -0.15) is 26.3 Å². The monoisotopic (exact) mass is 291 g/mol. The highest BCUT2D eigenvalue weighted by Crippen LogP contribution is 2.36. The van der Waals surface area contributed by atoms with Crippen molar-refractivity contribution in [2.75, 3.05) is 0 Å². The van der Waals surface area contributed by atoms with E-state index < -0.39 is 30.4 Å². The Morgan fingerprint density at radius 2 is 1.67 bits per heavy atom. The fourth-order valence-corrected chi connectivity index (χ4v) is 1.62. The lowest BCUT2D eigenvalue weighted by molar-refractivity contribution is -0.138. The van der Waals surface area contributed by atoms with Crippen LogP contribution in [0.5, 0.6) is 0 Å². The molecule has 0 spiro atoms. The number of rotatable bonds is 2. The molecule has 1 aromatic rings. The third kappa shape index (κ3) is 4.06. The van der Waals surface area contributed by atoms with E-state index in [0.717, 1.165) is 6.07 Å². The standard InChI is InChI=1S/C10H8ClF6N/c11-7-2-1-5(10(15,16)17)3-6(7)8(18)4-9(12,13)14/h1-3,8H,4,18H2/t8-/m1/s1. The van der Waals surface area contributed by atoms with Crippen molar-refractivity contribution in [2.45, 2.75) is 24.8 Å². The molecule has 102 valence electrons. The van der Waals surface area contributed by atoms with Gasteiger partial charge in [-0.3, -0.25) is 0 Å². The van der Waals surface area contributed by atoms with Gasteiger partial charge in [0, 0.05) is 11.1 Å². The quantitative estimate of drug-likeness (QED) is 0.807. The Morgan fingerprint density at radius 1 is 1.11 bits per heavy atom. The molecule has 0 bridgehead atoms. The van der Waals surface area contributed by atoms with Gasteiger partial charge in [0.25, 0.3) is 0 Å². The number of halogens is 7. The molecule has 1 nitrogen and oxygen atoms in total. The summed E-state index contributed by atoms with van der Waals surface area (Å²) in [5.74, 6) is 0. The summed E-state index contributed by atoms with van der Waals surface area (Å²) >= 11 is 5.56. The van der Waals surface area contributed by atoms with Crippen LogP contribution in [0.25, 0.3) is 0 Å². The van der Waals surface area contributed by atoms with Gasteiger partial charge in [0.1, 0.15) is 0 Å². The van der Waals surface area contributed by atoms with Crippen LogP contribution in [0.2, 0.25) is 5.02 Å². The molecule has 0 radical (unpaired) electrons. The summed E-state index contributed by atoms with van der Waals surface area (Å²) in [6.45, 7) is 0. The lowest BCUT2D eigenvalue weighted by atomic mass is 10.0. The highest BCUT2D eigenvalue weighted by atomic mass is 35.5. The Labute approximate surface area is 104 Å². The van der Waals surface area contributed by atoms with Crippen LogP contribution in [0.15, 0.2) is 18.2 Å². The van der Waals surface area contributed by atoms with Crippen molar-refractivity contribution in [3.05, 3.63) is 34.3 Å². The molecule has 8 heteroatoms. The van der Waals surface area contributed by atoms with Gasteiger partial charge in [0.05, 0.1) is 12.0 Å². The van der Waals surface area contributed by atoms with Crippen molar-refractivity contribution in [1.82, 2.24) is 0 Å². The molecular formula is C10H8ClF6N. The van der Waals surface area contributed by atoms with E-state index in [-0.39, 0.29) is 10.6 Å². The third-order valence-corrected chi connectivity index (χ3v) is 2.52. The fraction of sp³-hybridized carbons (Fsp3) is 0.400. The second-order valence-corrected chi connectivity index (χ2v) is 4.07. The topological polar surface area (TPSA) is 26.0 Å². The summed E-state index contributed by atoms with van der Waals surface area (Å²) in [6, 6.07) is 0.487. The summed E-state index contributed by atoms with van der Waals surface area (Å²) in [7, 11) is 0. The van der Waals surface area contributed by atoms with E-state index >= 15 is 0 Å². The van der Waals surface area contributed by atoms with Crippen LogP contribution in [0, 0.1) is 0 Å². The van der Waals surface area contributed by atoms with Crippen LogP contribution in [0.1, 0.15) is 23.6 Å². The Kier molecular flexibility index (Phi) is 4.17. The van der Waals surface area contributed by atoms with E-state index in [0.29, 0.717) is 12.1 Å². The van der Waals surface area contributed by atoms with Gasteiger partial charge in [0.2, 0.25) is 0 Å². The van der Waals surface area contributed by atoms with E-state index in [9.17, 15) is 26.3 Å². The van der Waals surface area contributed by atoms with Gasteiger partial charge in [-0.15, -0.1) is 0 Å². The van der Waals surface area contributed by atoms with Crippen LogP contribution in [-0.4, -0.2) is 6.18 Å². The summed E-state index contributed by atoms with van der Waals surface area (Å²) in [5, 5.41) is -0.222. The number of alkyl halides is 6. The summed E-state index contributed by atoms with van der Waals surface area (Å²) < 4.78 is 73.5. The van der Waals surface area contributed by atoms with E-state index in [1.165, 1.54) is 0 Å². The van der Waals surface area contributed by atoms with Gasteiger partial charge in [-0.05, 0) is 23.8 Å². The highest BCUT2D eigenvalue weighted by molar-refractivity contribution is 6.31. The van der Waals surface area contributed by atoms with Gasteiger partial charge in [-0.25, -0.2) is 0 Å². The first kappa shape index (κ1) is 15.1. The molecule has 1 rings (SSSR count). The normalized spacial score (nSPS) is 14.7. The van der Waals surface area contributed by atoms with Crippen molar-refractivity contribution in [3.63, 3.8) is 0 Å². The van der Waals surface area contributed by atoms with Crippen molar-refractivity contribution in [3.8, 4) is 0 Å². The van der Waals surface area contributed by atoms with Gasteiger partial charge in [-0.1, -0.05) is 11.6 Å². The fourth-order valence-electron chi connectivity index (χ4n) is 1.36. The highest BCUT2D eigenvalue weighted by Gasteiger charge is 2.34. The molecule has 18 heavy (non-hydrogen) atoms. The van der Waals surface area contributed by atoms with E-state index in [1.54, 1.807) is 0 Å². The minimum absolute atomic E-state index is 0.222. The lowest BCUT2D eigenvalue weighted by Crippen LogP contribution is -2.21. The SMILES string of the molecule is N[C@H](CC(F)(F)F)c1cc(C(F)(F)F)ccc1Cl. The Hall–Kier alpha value is -0.950. The zero-order chi connectivity index (χ0) is 14.1. The number of hydrogen-bond donors (Lipinski definition) is 1. The van der Waals surface area contributed by atoms with Gasteiger partial charge in [0.15, 0.2) is 0 Å². The average molecular weight is 292 g/mol. The molecule has 0 saturated heterocycles. The molecule has 0 aliphatic rings. The molecule has 1 aromatic carbocycles. The Bertz CT molecular complexity index is 425. The maximum absolute atomic E-state index is 12.4. The average Bonchev–Trinajstić information content (AvgIpc) is 2.13. The minimum Gasteiger partial charge on any atom is -0.324 e. The van der Waals surface area contributed by atoms with Crippen molar-refractivity contribution >= 4 is 11.6 Å². The van der Waals surface area contributed by atoms with Crippen molar-refractivity contribution < 1.29 is 26.3 Å². The minimum atomic E-state index is -4.66. The molecule has 2 N–H and O–H groups in total. The lowest BCUT2D eigenvalue weighted by Gasteiger charge is -2.17. The molecule has 0 amide bonds. The van der Waals surface area contributed by atoms with Crippen LogP contribution >= 0.6 is 11.6 Å². The van der Waals surface area contributed by atoms with Crippen LogP contribution in [0.3, 0.4) is 0 Å². The molecule has 0 unspecified atom stereocenters. The Balaban J connectivity index is 3.08. The summed E-state index contributed by atoms with van der Waals surface area (Å²) in [4.78, 5) is 0. The first-order chi connectivity index (χ1) is 8.00. The molecule has 0 fully saturated rings. The predicted molar refractivity (Wildman–Crippen MR) is 54.1 cm³/mol. The summed E-state index contributed by atoms with van der Waals surface area (Å²) in [5.41, 5.74) is 3.77. The summed E-state index contributed by atoms with van der Waals surface area (Å²) in [6.07, 6.45) is -10.7. The zero-order valence-electron chi connectivity index (χ0n) is 8.74. The predicted octanol–water partition coefficient (Wildman–Crippen LogP) is 4.31. The van der Waals surface area contributed by atoms with E-state index in [4.69, 9.17) is 17.3 Å². The van der Waals surface area contributed by atoms with Crippen LogP contribution in [0.4, 0.5) is 26.3 Å². The maximum atomic E-state index is 12.4. The first-order valence-corrected chi connectivity index (χ1v) is 5.07. The second-order valence-electron chi connectivity index (χ2n) is 3.66. The van der Waals surface area contributed by atoms with Gasteiger partial charge >= 0.3 is 12.4 Å². The van der Waals surface area contributed by atoms with Crippen molar-refractivity contribution in [1.29, 1.82) is 0 Å². The molecule has 1 atom stereocenters. The first-order valence-electron chi connectivity index (χ1n) is 4.69. The number of hydrogen-bond acceptors (Lipinski definition) is 1. The smallest absolute Gasteiger partial charge is 0.324 e. The maximum Gasteiger partial charge on any atom is 0.416 e. The Morgan fingerprint density at radius 3 is 2.11 bits per heavy atom. The number of nitrogens with two attached hydrogens (primary N) is 1. The van der Waals surface area contributed by atoms with Crippen LogP contribution in [-0.2, 0) is 6.18 Å². The van der Waals surface area contributed by atoms with E-state index in [1.807, 2.05) is 0 Å². The van der Waals surface area contributed by atoms with Crippen LogP contribution < -0.4 is 5.73 Å². The number of benzene rings is 1. The second kappa shape index (κ2) is 4.97. The molecular weight excluding hydrogens is 284 g/mol.